The summed E-state index contributed by atoms with van der Waals surface area (Å²) in [6.07, 6.45) is 13.9. The molecule has 1 saturated heterocycles. The van der Waals surface area contributed by atoms with Gasteiger partial charge in [-0.05, 0) is 52.0 Å². The van der Waals surface area contributed by atoms with E-state index >= 15 is 0 Å². The molecule has 0 unspecified atom stereocenters. The molecule has 21 heavy (non-hydrogen) atoms. The lowest BCUT2D eigenvalue weighted by Gasteiger charge is -2.21. The van der Waals surface area contributed by atoms with Gasteiger partial charge in [-0.25, -0.2) is 0 Å². The van der Waals surface area contributed by atoms with Gasteiger partial charge in [0.15, 0.2) is 0 Å². The van der Waals surface area contributed by atoms with Crippen LogP contribution in [0.4, 0.5) is 0 Å². The highest BCUT2D eigenvalue weighted by Gasteiger charge is 2.13. The number of nitrogens with zero attached hydrogens (tertiary/aromatic N) is 2. The highest BCUT2D eigenvalue weighted by Crippen LogP contribution is 2.10. The van der Waals surface area contributed by atoms with Crippen LogP contribution in [0.2, 0.25) is 0 Å². The third-order valence-corrected chi connectivity index (χ3v) is 4.69. The van der Waals surface area contributed by atoms with Gasteiger partial charge in [-0.3, -0.25) is 0 Å². The van der Waals surface area contributed by atoms with Gasteiger partial charge in [-0.1, -0.05) is 51.9 Å². The molecule has 0 bridgehead atoms. The molecule has 0 aromatic carbocycles. The minimum absolute atomic E-state index is 0.832. The highest BCUT2D eigenvalue weighted by molar-refractivity contribution is 4.69. The molecule has 0 amide bonds. The van der Waals surface area contributed by atoms with Gasteiger partial charge >= 0.3 is 0 Å². The molecule has 1 rings (SSSR count). The van der Waals surface area contributed by atoms with Crippen LogP contribution in [0.1, 0.15) is 71.1 Å². The predicted molar refractivity (Wildman–Crippen MR) is 93.8 cm³/mol. The van der Waals surface area contributed by atoms with Gasteiger partial charge in [0.05, 0.1) is 0 Å². The van der Waals surface area contributed by atoms with E-state index in [4.69, 9.17) is 5.73 Å². The summed E-state index contributed by atoms with van der Waals surface area (Å²) in [5.74, 6) is 0. The van der Waals surface area contributed by atoms with Gasteiger partial charge in [0.25, 0.3) is 0 Å². The molecule has 1 fully saturated rings. The number of nitrogens with two attached hydrogens (primary N) is 1. The van der Waals surface area contributed by atoms with Crippen molar-refractivity contribution in [2.75, 3.05) is 45.8 Å². The quantitative estimate of drug-likeness (QED) is 0.560. The third-order valence-electron chi connectivity index (χ3n) is 4.69. The molecule has 0 atom stereocenters. The zero-order chi connectivity index (χ0) is 15.2. The maximum absolute atomic E-state index is 5.61. The molecule has 1 aliphatic rings. The van der Waals surface area contributed by atoms with Crippen molar-refractivity contribution < 1.29 is 0 Å². The maximum atomic E-state index is 5.61. The molecule has 0 aromatic heterocycles. The second-order valence-electron chi connectivity index (χ2n) is 6.65. The first-order chi connectivity index (χ1) is 10.4. The molecular weight excluding hydrogens is 258 g/mol. The van der Waals surface area contributed by atoms with Crippen molar-refractivity contribution in [3.63, 3.8) is 0 Å². The van der Waals surface area contributed by atoms with Gasteiger partial charge in [0, 0.05) is 13.1 Å². The molecule has 0 spiro atoms. The second kappa shape index (κ2) is 13.5. The summed E-state index contributed by atoms with van der Waals surface area (Å²) in [7, 11) is 0. The van der Waals surface area contributed by atoms with Crippen molar-refractivity contribution in [1.29, 1.82) is 0 Å². The highest BCUT2D eigenvalue weighted by atomic mass is 15.2. The van der Waals surface area contributed by atoms with Crippen molar-refractivity contribution in [3.05, 3.63) is 0 Å². The molecule has 0 saturated carbocycles. The summed E-state index contributed by atoms with van der Waals surface area (Å²) in [5, 5.41) is 0. The first-order valence-corrected chi connectivity index (χ1v) is 9.51. The zero-order valence-electron chi connectivity index (χ0n) is 14.5. The van der Waals surface area contributed by atoms with Crippen molar-refractivity contribution in [2.45, 2.75) is 71.1 Å². The SMILES string of the molecule is CCCCCCCCCCN1CCCN(CCCN)CC1. The molecule has 1 aliphatic heterocycles. The normalized spacial score (nSPS) is 18.0. The largest absolute Gasteiger partial charge is 0.330 e. The fourth-order valence-electron chi connectivity index (χ4n) is 3.26. The van der Waals surface area contributed by atoms with E-state index in [0.717, 1.165) is 13.0 Å². The zero-order valence-corrected chi connectivity index (χ0v) is 14.5. The average molecular weight is 298 g/mol. The standard InChI is InChI=1S/C18H39N3/c1-2-3-4-5-6-7-8-9-13-20-15-11-16-21(18-17-20)14-10-12-19/h2-19H2,1H3. The van der Waals surface area contributed by atoms with Gasteiger partial charge in [-0.15, -0.1) is 0 Å². The lowest BCUT2D eigenvalue weighted by atomic mass is 10.1. The second-order valence-corrected chi connectivity index (χ2v) is 6.65. The minimum atomic E-state index is 0.832. The Morgan fingerprint density at radius 3 is 1.76 bits per heavy atom. The van der Waals surface area contributed by atoms with E-state index in [1.807, 2.05) is 0 Å². The monoisotopic (exact) mass is 297 g/mol. The summed E-state index contributed by atoms with van der Waals surface area (Å²) >= 11 is 0. The summed E-state index contributed by atoms with van der Waals surface area (Å²) in [4.78, 5) is 5.28. The van der Waals surface area contributed by atoms with Crippen molar-refractivity contribution in [1.82, 2.24) is 9.80 Å². The Morgan fingerprint density at radius 2 is 1.19 bits per heavy atom. The summed E-state index contributed by atoms with van der Waals surface area (Å²) in [6, 6.07) is 0. The van der Waals surface area contributed by atoms with Gasteiger partial charge < -0.3 is 15.5 Å². The van der Waals surface area contributed by atoms with Crippen LogP contribution in [-0.4, -0.2) is 55.6 Å². The van der Waals surface area contributed by atoms with E-state index in [1.165, 1.54) is 97.1 Å². The van der Waals surface area contributed by atoms with Crippen LogP contribution < -0.4 is 5.73 Å². The van der Waals surface area contributed by atoms with Gasteiger partial charge in [-0.2, -0.15) is 0 Å². The minimum Gasteiger partial charge on any atom is -0.330 e. The molecule has 3 heteroatoms. The first kappa shape index (κ1) is 18.9. The van der Waals surface area contributed by atoms with E-state index in [-0.39, 0.29) is 0 Å². The van der Waals surface area contributed by atoms with Crippen LogP contribution in [0.3, 0.4) is 0 Å². The van der Waals surface area contributed by atoms with Gasteiger partial charge in [0.1, 0.15) is 0 Å². The van der Waals surface area contributed by atoms with Crippen LogP contribution in [0.15, 0.2) is 0 Å². The Bertz CT molecular complexity index is 221. The Morgan fingerprint density at radius 1 is 0.667 bits per heavy atom. The fraction of sp³-hybridized carbons (Fsp3) is 1.00. The summed E-state index contributed by atoms with van der Waals surface area (Å²) in [6.45, 7) is 10.7. The third kappa shape index (κ3) is 10.3. The predicted octanol–water partition coefficient (Wildman–Crippen LogP) is 3.48. The Kier molecular flexibility index (Phi) is 12.2. The van der Waals surface area contributed by atoms with Crippen LogP contribution in [0, 0.1) is 0 Å². The average Bonchev–Trinajstić information content (AvgIpc) is 2.73. The van der Waals surface area contributed by atoms with Gasteiger partial charge in [0.2, 0.25) is 0 Å². The number of hydrogen-bond donors (Lipinski definition) is 1. The Balaban J connectivity index is 1.95. The fourth-order valence-corrected chi connectivity index (χ4v) is 3.26. The molecule has 3 nitrogen and oxygen atoms in total. The molecule has 126 valence electrons. The van der Waals surface area contributed by atoms with E-state index in [9.17, 15) is 0 Å². The Hall–Kier alpha value is -0.120. The topological polar surface area (TPSA) is 32.5 Å². The molecule has 0 radical (unpaired) electrons. The summed E-state index contributed by atoms with van der Waals surface area (Å²) < 4.78 is 0. The van der Waals surface area contributed by atoms with Crippen LogP contribution in [0.25, 0.3) is 0 Å². The van der Waals surface area contributed by atoms with Crippen molar-refractivity contribution in [2.24, 2.45) is 5.73 Å². The van der Waals surface area contributed by atoms with E-state index < -0.39 is 0 Å². The molecule has 2 N–H and O–H groups in total. The molecule has 1 heterocycles. The Labute approximate surface area is 133 Å². The van der Waals surface area contributed by atoms with E-state index in [0.29, 0.717) is 0 Å². The maximum Gasteiger partial charge on any atom is 0.0109 e. The molecular formula is C18H39N3. The first-order valence-electron chi connectivity index (χ1n) is 9.51. The lowest BCUT2D eigenvalue weighted by Crippen LogP contribution is -2.32. The van der Waals surface area contributed by atoms with Crippen LogP contribution in [-0.2, 0) is 0 Å². The van der Waals surface area contributed by atoms with Crippen molar-refractivity contribution >= 4 is 0 Å². The lowest BCUT2D eigenvalue weighted by molar-refractivity contribution is 0.252. The van der Waals surface area contributed by atoms with E-state index in [2.05, 4.69) is 16.7 Å². The number of unbranched alkanes of at least 4 members (excludes halogenated alkanes) is 7. The summed E-state index contributed by atoms with van der Waals surface area (Å²) in [5.41, 5.74) is 5.61. The number of hydrogen-bond acceptors (Lipinski definition) is 3. The smallest absolute Gasteiger partial charge is 0.0109 e. The van der Waals surface area contributed by atoms with Crippen LogP contribution in [0.5, 0.6) is 0 Å². The molecule has 0 aliphatic carbocycles. The van der Waals surface area contributed by atoms with E-state index in [1.54, 1.807) is 0 Å². The van der Waals surface area contributed by atoms with Crippen molar-refractivity contribution in [3.8, 4) is 0 Å². The number of rotatable bonds is 12. The van der Waals surface area contributed by atoms with Crippen LogP contribution >= 0.6 is 0 Å². The molecule has 0 aromatic rings.